The number of rotatable bonds is 5. The van der Waals surface area contributed by atoms with Crippen LogP contribution in [0.3, 0.4) is 0 Å². The van der Waals surface area contributed by atoms with Crippen molar-refractivity contribution in [2.24, 2.45) is 7.05 Å². The summed E-state index contributed by atoms with van der Waals surface area (Å²) in [5, 5.41) is 8.34. The van der Waals surface area contributed by atoms with Crippen molar-refractivity contribution in [2.45, 2.75) is 13.0 Å². The van der Waals surface area contributed by atoms with Crippen LogP contribution in [0.5, 0.6) is 0 Å². The summed E-state index contributed by atoms with van der Waals surface area (Å²) in [5.74, 6) is 2.90. The molecule has 0 spiro atoms. The van der Waals surface area contributed by atoms with Gasteiger partial charge in [0.2, 0.25) is 5.82 Å². The van der Waals surface area contributed by atoms with E-state index in [9.17, 15) is 4.79 Å². The van der Waals surface area contributed by atoms with E-state index in [1.165, 1.54) is 11.1 Å². The van der Waals surface area contributed by atoms with E-state index < -0.39 is 0 Å². The van der Waals surface area contributed by atoms with Gasteiger partial charge >= 0.3 is 0 Å². The Balaban J connectivity index is 1.26. The number of carbonyl (C=O) groups excluding carboxylic acids is 1. The van der Waals surface area contributed by atoms with Gasteiger partial charge < -0.3 is 10.2 Å². The number of nitrogens with zero attached hydrogens (tertiary/aromatic N) is 6. The monoisotopic (exact) mass is 437 g/mol. The first-order valence-corrected chi connectivity index (χ1v) is 11.9. The molecule has 9 heteroatoms. The molecule has 0 bridgehead atoms. The Hall–Kier alpha value is -2.65. The maximum Gasteiger partial charge on any atom is 0.289 e. The van der Waals surface area contributed by atoms with Gasteiger partial charge in [0.15, 0.2) is 5.65 Å². The van der Waals surface area contributed by atoms with Crippen LogP contribution in [0.2, 0.25) is 0 Å². The SMILES string of the molecule is Cn1cc2c(N3CCSCC3)nc(C(=O)NCCN3CCc4ccccc4C3)nc2n1. The number of fused-ring (bicyclic) bond motifs is 2. The molecule has 1 fully saturated rings. The quantitative estimate of drug-likeness (QED) is 0.651. The summed E-state index contributed by atoms with van der Waals surface area (Å²) in [4.78, 5) is 26.6. The van der Waals surface area contributed by atoms with Gasteiger partial charge in [0.25, 0.3) is 5.91 Å². The number of anilines is 1. The number of amides is 1. The Labute approximate surface area is 186 Å². The third kappa shape index (κ3) is 4.38. The van der Waals surface area contributed by atoms with Gasteiger partial charge in [-0.2, -0.15) is 16.9 Å². The highest BCUT2D eigenvalue weighted by atomic mass is 32.2. The lowest BCUT2D eigenvalue weighted by molar-refractivity contribution is 0.0937. The minimum absolute atomic E-state index is 0.198. The second-order valence-corrected chi connectivity index (χ2v) is 9.29. The number of carbonyl (C=O) groups is 1. The summed E-state index contributed by atoms with van der Waals surface area (Å²) < 4.78 is 1.73. The van der Waals surface area contributed by atoms with Crippen LogP contribution in [0.15, 0.2) is 30.5 Å². The van der Waals surface area contributed by atoms with E-state index in [1.807, 2.05) is 25.0 Å². The van der Waals surface area contributed by atoms with Crippen LogP contribution in [0, 0.1) is 0 Å². The van der Waals surface area contributed by atoms with Crippen molar-refractivity contribution in [1.29, 1.82) is 0 Å². The maximum absolute atomic E-state index is 12.9. The van der Waals surface area contributed by atoms with Gasteiger partial charge in [0.05, 0.1) is 5.39 Å². The number of thioether (sulfide) groups is 1. The number of benzene rings is 1. The fourth-order valence-corrected chi connectivity index (χ4v) is 5.18. The molecule has 1 saturated heterocycles. The molecular weight excluding hydrogens is 410 g/mol. The molecule has 8 nitrogen and oxygen atoms in total. The summed E-state index contributed by atoms with van der Waals surface area (Å²) in [7, 11) is 1.87. The molecule has 2 aliphatic heterocycles. The summed E-state index contributed by atoms with van der Waals surface area (Å²) in [5.41, 5.74) is 3.39. The first-order valence-electron chi connectivity index (χ1n) is 10.8. The van der Waals surface area contributed by atoms with Crippen LogP contribution in [0.25, 0.3) is 11.0 Å². The number of hydrogen-bond donors (Lipinski definition) is 1. The van der Waals surface area contributed by atoms with Crippen LogP contribution in [0.1, 0.15) is 21.7 Å². The Kier molecular flexibility index (Phi) is 5.78. The van der Waals surface area contributed by atoms with Crippen LogP contribution < -0.4 is 10.2 Å². The van der Waals surface area contributed by atoms with Gasteiger partial charge in [-0.3, -0.25) is 14.4 Å². The van der Waals surface area contributed by atoms with Crippen molar-refractivity contribution < 1.29 is 4.79 Å². The average Bonchev–Trinajstić information content (AvgIpc) is 3.19. The number of aromatic nitrogens is 4. The van der Waals surface area contributed by atoms with Crippen LogP contribution in [-0.2, 0) is 20.0 Å². The summed E-state index contributed by atoms with van der Waals surface area (Å²) >= 11 is 1.94. The van der Waals surface area contributed by atoms with Gasteiger partial charge in [-0.15, -0.1) is 0 Å². The molecule has 5 rings (SSSR count). The Morgan fingerprint density at radius 2 is 1.94 bits per heavy atom. The fourth-order valence-electron chi connectivity index (χ4n) is 4.27. The van der Waals surface area contributed by atoms with Crippen LogP contribution in [0.4, 0.5) is 5.82 Å². The number of hydrogen-bond acceptors (Lipinski definition) is 7. The number of nitrogens with one attached hydrogen (secondary N) is 1. The van der Waals surface area contributed by atoms with E-state index in [-0.39, 0.29) is 11.7 Å². The topological polar surface area (TPSA) is 79.2 Å². The maximum atomic E-state index is 12.9. The third-order valence-electron chi connectivity index (χ3n) is 5.91. The predicted octanol–water partition coefficient (Wildman–Crippen LogP) is 1.70. The molecule has 3 aromatic rings. The van der Waals surface area contributed by atoms with Crippen molar-refractivity contribution in [1.82, 2.24) is 30.0 Å². The molecule has 0 atom stereocenters. The van der Waals surface area contributed by atoms with E-state index in [1.54, 1.807) is 4.68 Å². The fraction of sp³-hybridized carbons (Fsp3) is 0.455. The van der Waals surface area contributed by atoms with Gasteiger partial charge in [-0.1, -0.05) is 24.3 Å². The molecule has 1 amide bonds. The highest BCUT2D eigenvalue weighted by Gasteiger charge is 2.22. The zero-order valence-electron chi connectivity index (χ0n) is 17.8. The normalized spacial score (nSPS) is 17.0. The highest BCUT2D eigenvalue weighted by Crippen LogP contribution is 2.25. The minimum Gasteiger partial charge on any atom is -0.354 e. The van der Waals surface area contributed by atoms with Crippen LogP contribution >= 0.6 is 11.8 Å². The zero-order chi connectivity index (χ0) is 21.2. The zero-order valence-corrected chi connectivity index (χ0v) is 18.6. The lowest BCUT2D eigenvalue weighted by Crippen LogP contribution is -2.38. The van der Waals surface area contributed by atoms with E-state index in [0.717, 1.165) is 61.9 Å². The minimum atomic E-state index is -0.238. The van der Waals surface area contributed by atoms with E-state index in [0.29, 0.717) is 12.2 Å². The van der Waals surface area contributed by atoms with Gasteiger partial charge in [-0.25, -0.2) is 9.97 Å². The third-order valence-corrected chi connectivity index (χ3v) is 6.85. The van der Waals surface area contributed by atoms with E-state index in [2.05, 4.69) is 54.4 Å². The highest BCUT2D eigenvalue weighted by molar-refractivity contribution is 7.99. The van der Waals surface area contributed by atoms with Gasteiger partial charge in [0, 0.05) is 64.0 Å². The van der Waals surface area contributed by atoms with Crippen molar-refractivity contribution in [3.63, 3.8) is 0 Å². The largest absolute Gasteiger partial charge is 0.354 e. The molecular formula is C22H27N7OS. The molecule has 2 aliphatic rings. The molecule has 162 valence electrons. The molecule has 0 saturated carbocycles. The molecule has 0 unspecified atom stereocenters. The first kappa shape index (κ1) is 20.3. The van der Waals surface area contributed by atoms with Gasteiger partial charge in [-0.05, 0) is 17.5 Å². The summed E-state index contributed by atoms with van der Waals surface area (Å²) in [6.45, 7) is 5.16. The molecule has 0 aliphatic carbocycles. The molecule has 0 radical (unpaired) electrons. The van der Waals surface area contributed by atoms with Crippen molar-refractivity contribution >= 4 is 34.5 Å². The Bertz CT molecular complexity index is 1090. The Morgan fingerprint density at radius 1 is 1.13 bits per heavy atom. The summed E-state index contributed by atoms with van der Waals surface area (Å²) in [6, 6.07) is 8.59. The number of aryl methyl sites for hydroxylation is 1. The smallest absolute Gasteiger partial charge is 0.289 e. The van der Waals surface area contributed by atoms with E-state index >= 15 is 0 Å². The van der Waals surface area contributed by atoms with E-state index in [4.69, 9.17) is 0 Å². The van der Waals surface area contributed by atoms with Crippen molar-refractivity contribution in [3.05, 3.63) is 47.4 Å². The summed E-state index contributed by atoms with van der Waals surface area (Å²) in [6.07, 6.45) is 2.99. The van der Waals surface area contributed by atoms with Gasteiger partial charge in [0.1, 0.15) is 5.82 Å². The molecule has 1 N–H and O–H groups in total. The van der Waals surface area contributed by atoms with Crippen molar-refractivity contribution in [3.8, 4) is 0 Å². The predicted molar refractivity (Wildman–Crippen MR) is 124 cm³/mol. The average molecular weight is 438 g/mol. The molecule has 31 heavy (non-hydrogen) atoms. The molecule has 1 aromatic carbocycles. The lowest BCUT2D eigenvalue weighted by Gasteiger charge is -2.28. The second-order valence-electron chi connectivity index (χ2n) is 8.06. The van der Waals surface area contributed by atoms with Crippen LogP contribution in [-0.4, -0.2) is 74.8 Å². The lowest BCUT2D eigenvalue weighted by atomic mass is 10.00. The second kappa shape index (κ2) is 8.84. The first-order chi connectivity index (χ1) is 15.2. The molecule has 2 aromatic heterocycles. The Morgan fingerprint density at radius 3 is 2.77 bits per heavy atom. The van der Waals surface area contributed by atoms with Crippen molar-refractivity contribution in [2.75, 3.05) is 49.1 Å². The standard InChI is InChI=1S/C22H27N7OS/c1-27-15-18-19(26-27)24-20(25-21(18)29-10-12-31-13-11-29)22(30)23-7-9-28-8-6-16-4-2-3-5-17(16)14-28/h2-5,15H,6-14H2,1H3,(H,23,30). The molecule has 4 heterocycles.